The van der Waals surface area contributed by atoms with Crippen LogP contribution in [0, 0.1) is 6.92 Å². The summed E-state index contributed by atoms with van der Waals surface area (Å²) in [6.45, 7) is 7.42. The lowest BCUT2D eigenvalue weighted by atomic mass is 9.93. The molecule has 1 saturated heterocycles. The highest BCUT2D eigenvalue weighted by Crippen LogP contribution is 2.36. The number of alkyl carbamates (subject to hydrolysis) is 1. The maximum atomic E-state index is 12.0. The Morgan fingerprint density at radius 3 is 2.52 bits per heavy atom. The third kappa shape index (κ3) is 3.45. The van der Waals surface area contributed by atoms with Gasteiger partial charge in [-0.25, -0.2) is 9.59 Å². The second-order valence-electron chi connectivity index (χ2n) is 7.48. The largest absolute Gasteiger partial charge is 0.444 e. The lowest BCUT2D eigenvalue weighted by Gasteiger charge is -2.22. The molecule has 0 aromatic heterocycles. The lowest BCUT2D eigenvalue weighted by Crippen LogP contribution is -2.34. The minimum Gasteiger partial charge on any atom is -0.444 e. The van der Waals surface area contributed by atoms with Crippen molar-refractivity contribution in [3.63, 3.8) is 0 Å². The monoisotopic (exact) mass is 345 g/mol. The van der Waals surface area contributed by atoms with Gasteiger partial charge in [-0.3, -0.25) is 10.1 Å². The van der Waals surface area contributed by atoms with Gasteiger partial charge in [0.1, 0.15) is 11.6 Å². The van der Waals surface area contributed by atoms with Crippen LogP contribution in [0.15, 0.2) is 12.1 Å². The number of ether oxygens (including phenoxy) is 1. The number of benzene rings is 1. The van der Waals surface area contributed by atoms with Gasteiger partial charge in [-0.1, -0.05) is 12.1 Å². The van der Waals surface area contributed by atoms with Crippen LogP contribution in [-0.2, 0) is 16.0 Å². The molecular formula is C18H23N3O4. The summed E-state index contributed by atoms with van der Waals surface area (Å²) in [6.07, 6.45) is 1.15. The molecule has 1 fully saturated rings. The van der Waals surface area contributed by atoms with Crippen LogP contribution >= 0.6 is 0 Å². The standard InChI is InChI=1S/C18H23N3O4/c1-9-10-7-8-13(19-17(24)25-18(2,3)4)12(10)6-5-11(9)14-15(22)21-16(23)20-14/h5-6,13-14H,7-8H2,1-4H3,(H,19,24)(H2,20,21,22,23)/t13-,14?/m0/s1. The van der Waals surface area contributed by atoms with E-state index < -0.39 is 23.8 Å². The topological polar surface area (TPSA) is 96.5 Å². The van der Waals surface area contributed by atoms with Crippen molar-refractivity contribution < 1.29 is 19.1 Å². The van der Waals surface area contributed by atoms with Gasteiger partial charge in [0.2, 0.25) is 0 Å². The molecule has 1 aromatic rings. The van der Waals surface area contributed by atoms with Gasteiger partial charge in [0.05, 0.1) is 6.04 Å². The molecule has 2 atom stereocenters. The van der Waals surface area contributed by atoms with Crippen molar-refractivity contribution in [2.24, 2.45) is 0 Å². The van der Waals surface area contributed by atoms with Gasteiger partial charge in [0, 0.05) is 0 Å². The fourth-order valence-corrected chi connectivity index (χ4v) is 3.45. The lowest BCUT2D eigenvalue weighted by molar-refractivity contribution is -0.120. The zero-order valence-electron chi connectivity index (χ0n) is 14.9. The second-order valence-corrected chi connectivity index (χ2v) is 7.48. The molecule has 25 heavy (non-hydrogen) atoms. The van der Waals surface area contributed by atoms with Crippen LogP contribution in [0.5, 0.6) is 0 Å². The molecule has 0 bridgehead atoms. The van der Waals surface area contributed by atoms with Crippen LogP contribution in [0.4, 0.5) is 9.59 Å². The molecule has 4 amide bonds. The Morgan fingerprint density at radius 2 is 1.92 bits per heavy atom. The Bertz CT molecular complexity index is 751. The maximum absolute atomic E-state index is 12.0. The first-order chi connectivity index (χ1) is 11.7. The molecule has 3 N–H and O–H groups in total. The highest BCUT2D eigenvalue weighted by Gasteiger charge is 2.34. The molecule has 3 rings (SSSR count). The van der Waals surface area contributed by atoms with Crippen LogP contribution in [0.3, 0.4) is 0 Å². The number of fused-ring (bicyclic) bond motifs is 1. The van der Waals surface area contributed by atoms with Crippen molar-refractivity contribution in [3.05, 3.63) is 34.4 Å². The highest BCUT2D eigenvalue weighted by atomic mass is 16.6. The summed E-state index contributed by atoms with van der Waals surface area (Å²) in [5.41, 5.74) is 3.39. The Balaban J connectivity index is 1.80. The van der Waals surface area contributed by atoms with E-state index in [4.69, 9.17) is 4.74 Å². The van der Waals surface area contributed by atoms with Crippen molar-refractivity contribution >= 4 is 18.0 Å². The molecule has 0 spiro atoms. The predicted molar refractivity (Wildman–Crippen MR) is 91.0 cm³/mol. The Labute approximate surface area is 146 Å². The van der Waals surface area contributed by atoms with E-state index in [1.165, 1.54) is 0 Å². The summed E-state index contributed by atoms with van der Waals surface area (Å²) in [4.78, 5) is 35.3. The zero-order chi connectivity index (χ0) is 18.4. The smallest absolute Gasteiger partial charge is 0.408 e. The number of amides is 4. The molecule has 1 aliphatic carbocycles. The van der Waals surface area contributed by atoms with Gasteiger partial charge in [-0.05, 0) is 62.8 Å². The third-order valence-electron chi connectivity index (χ3n) is 4.51. The fraction of sp³-hybridized carbons (Fsp3) is 0.500. The molecular weight excluding hydrogens is 322 g/mol. The second kappa shape index (κ2) is 6.06. The SMILES string of the molecule is Cc1c(C2NC(=O)NC2=O)ccc2c1CC[C@@H]2NC(=O)OC(C)(C)C. The minimum absolute atomic E-state index is 0.107. The van der Waals surface area contributed by atoms with Gasteiger partial charge in [0.15, 0.2) is 0 Å². The molecule has 1 unspecified atom stereocenters. The van der Waals surface area contributed by atoms with Crippen LogP contribution in [0.1, 0.15) is 61.5 Å². The van der Waals surface area contributed by atoms with Gasteiger partial charge < -0.3 is 15.4 Å². The van der Waals surface area contributed by atoms with Crippen molar-refractivity contribution in [1.29, 1.82) is 0 Å². The summed E-state index contributed by atoms with van der Waals surface area (Å²) >= 11 is 0. The van der Waals surface area contributed by atoms with Crippen LogP contribution < -0.4 is 16.0 Å². The average Bonchev–Trinajstić information content (AvgIpc) is 3.01. The van der Waals surface area contributed by atoms with Gasteiger partial charge in [0.25, 0.3) is 5.91 Å². The van der Waals surface area contributed by atoms with Gasteiger partial charge in [-0.15, -0.1) is 0 Å². The molecule has 1 aromatic carbocycles. The summed E-state index contributed by atoms with van der Waals surface area (Å²) in [5.74, 6) is -0.338. The number of hydrogen-bond acceptors (Lipinski definition) is 4. The van der Waals surface area contributed by atoms with E-state index in [-0.39, 0.29) is 11.9 Å². The molecule has 134 valence electrons. The number of carbonyl (C=O) groups excluding carboxylic acids is 3. The van der Waals surface area contributed by atoms with Crippen LogP contribution in [0.25, 0.3) is 0 Å². The van der Waals surface area contributed by atoms with E-state index in [9.17, 15) is 14.4 Å². The first-order valence-electron chi connectivity index (χ1n) is 8.39. The Kier molecular flexibility index (Phi) is 4.18. The van der Waals surface area contributed by atoms with Crippen molar-refractivity contribution in [1.82, 2.24) is 16.0 Å². The number of hydrogen-bond donors (Lipinski definition) is 3. The molecule has 0 radical (unpaired) electrons. The first kappa shape index (κ1) is 17.3. The highest BCUT2D eigenvalue weighted by molar-refractivity contribution is 6.04. The Morgan fingerprint density at radius 1 is 1.24 bits per heavy atom. The van der Waals surface area contributed by atoms with Crippen molar-refractivity contribution in [3.8, 4) is 0 Å². The number of carbonyl (C=O) groups is 3. The quantitative estimate of drug-likeness (QED) is 0.717. The maximum Gasteiger partial charge on any atom is 0.408 e. The Hall–Kier alpha value is -2.57. The number of rotatable bonds is 2. The predicted octanol–water partition coefficient (Wildman–Crippen LogP) is 2.39. The summed E-state index contributed by atoms with van der Waals surface area (Å²) in [7, 11) is 0. The van der Waals surface area contributed by atoms with E-state index in [2.05, 4.69) is 16.0 Å². The van der Waals surface area contributed by atoms with E-state index in [1.54, 1.807) is 0 Å². The first-order valence-corrected chi connectivity index (χ1v) is 8.39. The van der Waals surface area contributed by atoms with E-state index in [1.807, 2.05) is 39.8 Å². The molecule has 7 nitrogen and oxygen atoms in total. The number of urea groups is 1. The van der Waals surface area contributed by atoms with Crippen LogP contribution in [-0.4, -0.2) is 23.6 Å². The normalized spacial score (nSPS) is 22.2. The van der Waals surface area contributed by atoms with Crippen LogP contribution in [0.2, 0.25) is 0 Å². The number of nitrogens with one attached hydrogen (secondary N) is 3. The van der Waals surface area contributed by atoms with Crippen molar-refractivity contribution in [2.75, 3.05) is 0 Å². The molecule has 7 heteroatoms. The van der Waals surface area contributed by atoms with E-state index in [0.29, 0.717) is 0 Å². The fourth-order valence-electron chi connectivity index (χ4n) is 3.45. The minimum atomic E-state index is -0.657. The summed E-state index contributed by atoms with van der Waals surface area (Å²) < 4.78 is 5.33. The molecule has 1 heterocycles. The molecule has 1 aliphatic heterocycles. The van der Waals surface area contributed by atoms with E-state index >= 15 is 0 Å². The van der Waals surface area contributed by atoms with Crippen molar-refractivity contribution in [2.45, 2.75) is 58.2 Å². The summed E-state index contributed by atoms with van der Waals surface area (Å²) in [5, 5.41) is 7.80. The number of imide groups is 1. The van der Waals surface area contributed by atoms with Gasteiger partial charge in [-0.2, -0.15) is 0 Å². The van der Waals surface area contributed by atoms with E-state index in [0.717, 1.165) is 35.1 Å². The van der Waals surface area contributed by atoms with Gasteiger partial charge >= 0.3 is 12.1 Å². The molecule has 2 aliphatic rings. The molecule has 0 saturated carbocycles. The summed E-state index contributed by atoms with van der Waals surface area (Å²) in [6, 6.07) is 2.53. The zero-order valence-corrected chi connectivity index (χ0v) is 14.9. The average molecular weight is 345 g/mol. The third-order valence-corrected chi connectivity index (χ3v) is 4.51.